The van der Waals surface area contributed by atoms with Gasteiger partial charge in [0.05, 0.1) is 17.6 Å². The molecule has 102 valence electrons. The molecule has 3 N–H and O–H groups in total. The van der Waals surface area contributed by atoms with Crippen LogP contribution in [0.15, 0.2) is 18.2 Å². The molecule has 2 rings (SSSR count). The number of rotatable bonds is 5. The van der Waals surface area contributed by atoms with Crippen LogP contribution in [-0.4, -0.2) is 35.7 Å². The van der Waals surface area contributed by atoms with Crippen molar-refractivity contribution in [2.24, 2.45) is 0 Å². The Hall–Kier alpha value is -2.08. The van der Waals surface area contributed by atoms with Gasteiger partial charge in [0, 0.05) is 13.7 Å². The Bertz CT molecular complexity index is 592. The van der Waals surface area contributed by atoms with Gasteiger partial charge in [-0.05, 0) is 18.6 Å². The first-order valence-corrected chi connectivity index (χ1v) is 6.10. The van der Waals surface area contributed by atoms with E-state index in [9.17, 15) is 4.79 Å². The van der Waals surface area contributed by atoms with E-state index in [-0.39, 0.29) is 12.5 Å². The number of hydrogen-bond donors (Lipinski definition) is 2. The molecule has 0 bridgehead atoms. The molecule has 1 aromatic heterocycles. The second-order valence-electron chi connectivity index (χ2n) is 4.34. The van der Waals surface area contributed by atoms with E-state index in [4.69, 9.17) is 10.5 Å². The second-order valence-corrected chi connectivity index (χ2v) is 4.34. The fourth-order valence-electron chi connectivity index (χ4n) is 2.04. The number of fused-ring (bicyclic) bond motifs is 1. The van der Waals surface area contributed by atoms with Gasteiger partial charge in [0.15, 0.2) is 0 Å². The summed E-state index contributed by atoms with van der Waals surface area (Å²) in [4.78, 5) is 16.1. The predicted molar refractivity (Wildman–Crippen MR) is 73.8 cm³/mol. The Morgan fingerprint density at radius 2 is 2.32 bits per heavy atom. The molecule has 6 heteroatoms. The molecule has 19 heavy (non-hydrogen) atoms. The van der Waals surface area contributed by atoms with E-state index in [1.807, 2.05) is 25.1 Å². The minimum atomic E-state index is -0.105. The van der Waals surface area contributed by atoms with Crippen LogP contribution in [0.25, 0.3) is 11.0 Å². The lowest BCUT2D eigenvalue weighted by molar-refractivity contribution is -0.121. The molecule has 1 aromatic carbocycles. The molecule has 0 aliphatic rings. The maximum Gasteiger partial charge on any atom is 0.240 e. The third-order valence-electron chi connectivity index (χ3n) is 2.93. The molecule has 0 saturated heterocycles. The van der Waals surface area contributed by atoms with Crippen molar-refractivity contribution in [2.75, 3.05) is 26.0 Å². The molecule has 0 saturated carbocycles. The molecule has 0 radical (unpaired) electrons. The van der Waals surface area contributed by atoms with Gasteiger partial charge in [0.2, 0.25) is 11.9 Å². The summed E-state index contributed by atoms with van der Waals surface area (Å²) in [6.07, 6.45) is 0. The monoisotopic (exact) mass is 262 g/mol. The summed E-state index contributed by atoms with van der Waals surface area (Å²) in [5.41, 5.74) is 8.63. The number of hydrogen-bond acceptors (Lipinski definition) is 4. The van der Waals surface area contributed by atoms with Crippen molar-refractivity contribution in [3.8, 4) is 0 Å². The van der Waals surface area contributed by atoms with Gasteiger partial charge in [-0.2, -0.15) is 0 Å². The lowest BCUT2D eigenvalue weighted by atomic mass is 10.2. The van der Waals surface area contributed by atoms with Crippen LogP contribution >= 0.6 is 0 Å². The van der Waals surface area contributed by atoms with Gasteiger partial charge in [-0.15, -0.1) is 0 Å². The summed E-state index contributed by atoms with van der Waals surface area (Å²) in [6.45, 7) is 3.12. The summed E-state index contributed by atoms with van der Waals surface area (Å²) in [7, 11) is 1.59. The van der Waals surface area contributed by atoms with Gasteiger partial charge in [0.25, 0.3) is 0 Å². The number of benzene rings is 1. The number of aryl methyl sites for hydroxylation is 1. The van der Waals surface area contributed by atoms with E-state index in [2.05, 4.69) is 10.3 Å². The van der Waals surface area contributed by atoms with E-state index >= 15 is 0 Å². The highest BCUT2D eigenvalue weighted by molar-refractivity contribution is 5.84. The highest BCUT2D eigenvalue weighted by atomic mass is 16.5. The van der Waals surface area contributed by atoms with Crippen LogP contribution in [0.1, 0.15) is 5.56 Å². The van der Waals surface area contributed by atoms with Crippen molar-refractivity contribution in [2.45, 2.75) is 13.5 Å². The Kier molecular flexibility index (Phi) is 4.01. The quantitative estimate of drug-likeness (QED) is 0.777. The zero-order chi connectivity index (χ0) is 13.8. The fourth-order valence-corrected chi connectivity index (χ4v) is 2.04. The SMILES string of the molecule is COCCNC(=O)Cn1c(N)nc2cccc(C)c21. The van der Waals surface area contributed by atoms with Gasteiger partial charge >= 0.3 is 0 Å². The molecule has 1 heterocycles. The number of para-hydroxylation sites is 1. The first kappa shape index (κ1) is 13.4. The third kappa shape index (κ3) is 2.85. The van der Waals surface area contributed by atoms with Crippen molar-refractivity contribution >= 4 is 22.9 Å². The molecule has 2 aromatic rings. The molecule has 0 aliphatic carbocycles. The van der Waals surface area contributed by atoms with Crippen LogP contribution in [0.2, 0.25) is 0 Å². The van der Waals surface area contributed by atoms with Crippen LogP contribution in [0.3, 0.4) is 0 Å². The average Bonchev–Trinajstić information content (AvgIpc) is 2.67. The first-order valence-electron chi connectivity index (χ1n) is 6.10. The van der Waals surface area contributed by atoms with Gasteiger partial charge in [0.1, 0.15) is 6.54 Å². The minimum absolute atomic E-state index is 0.105. The maximum absolute atomic E-state index is 11.8. The van der Waals surface area contributed by atoms with Crippen LogP contribution in [-0.2, 0) is 16.1 Å². The number of carbonyl (C=O) groups excluding carboxylic acids is 1. The number of nitrogen functional groups attached to an aromatic ring is 1. The Balaban J connectivity index is 2.20. The number of amides is 1. The van der Waals surface area contributed by atoms with Crippen molar-refractivity contribution in [1.82, 2.24) is 14.9 Å². The molecular formula is C13H18N4O2. The third-order valence-corrected chi connectivity index (χ3v) is 2.93. The van der Waals surface area contributed by atoms with E-state index in [0.717, 1.165) is 16.6 Å². The molecule has 0 atom stereocenters. The largest absolute Gasteiger partial charge is 0.383 e. The van der Waals surface area contributed by atoms with Crippen molar-refractivity contribution < 1.29 is 9.53 Å². The normalized spacial score (nSPS) is 10.8. The zero-order valence-electron chi connectivity index (χ0n) is 11.1. The van der Waals surface area contributed by atoms with Crippen LogP contribution in [0.5, 0.6) is 0 Å². The predicted octanol–water partition coefficient (Wildman–Crippen LogP) is 0.690. The number of carbonyl (C=O) groups is 1. The topological polar surface area (TPSA) is 82.2 Å². The number of anilines is 1. The second kappa shape index (κ2) is 5.71. The van der Waals surface area contributed by atoms with Crippen LogP contribution in [0.4, 0.5) is 5.95 Å². The molecule has 0 aliphatic heterocycles. The van der Waals surface area contributed by atoms with Crippen molar-refractivity contribution in [1.29, 1.82) is 0 Å². The fraction of sp³-hybridized carbons (Fsp3) is 0.385. The molecule has 1 amide bonds. The number of imidazole rings is 1. The Morgan fingerprint density at radius 1 is 1.53 bits per heavy atom. The van der Waals surface area contributed by atoms with Crippen molar-refractivity contribution in [3.05, 3.63) is 23.8 Å². The number of aromatic nitrogens is 2. The number of nitrogens with one attached hydrogen (secondary N) is 1. The van der Waals surface area contributed by atoms with Gasteiger partial charge in [-0.25, -0.2) is 4.98 Å². The van der Waals surface area contributed by atoms with Gasteiger partial charge < -0.3 is 20.4 Å². The van der Waals surface area contributed by atoms with Gasteiger partial charge in [-0.1, -0.05) is 12.1 Å². The highest BCUT2D eigenvalue weighted by Crippen LogP contribution is 2.20. The maximum atomic E-state index is 11.8. The summed E-state index contributed by atoms with van der Waals surface area (Å²) in [5.74, 6) is 0.248. The summed E-state index contributed by atoms with van der Waals surface area (Å²) in [6, 6.07) is 5.79. The Labute approximate surface area is 111 Å². The number of nitrogens with zero attached hydrogens (tertiary/aromatic N) is 2. The minimum Gasteiger partial charge on any atom is -0.383 e. The molecule has 0 spiro atoms. The first-order chi connectivity index (χ1) is 9.13. The van der Waals surface area contributed by atoms with Crippen LogP contribution in [0, 0.1) is 6.92 Å². The van der Waals surface area contributed by atoms with E-state index < -0.39 is 0 Å². The number of ether oxygens (including phenoxy) is 1. The molecule has 0 fully saturated rings. The van der Waals surface area contributed by atoms with E-state index in [0.29, 0.717) is 19.1 Å². The lowest BCUT2D eigenvalue weighted by Gasteiger charge is -2.08. The zero-order valence-corrected chi connectivity index (χ0v) is 11.1. The Morgan fingerprint density at radius 3 is 3.05 bits per heavy atom. The summed E-state index contributed by atoms with van der Waals surface area (Å²) in [5, 5.41) is 2.77. The summed E-state index contributed by atoms with van der Waals surface area (Å²) >= 11 is 0. The highest BCUT2D eigenvalue weighted by Gasteiger charge is 2.12. The van der Waals surface area contributed by atoms with Gasteiger partial charge in [-0.3, -0.25) is 4.79 Å². The number of methoxy groups -OCH3 is 1. The van der Waals surface area contributed by atoms with E-state index in [1.165, 1.54) is 0 Å². The lowest BCUT2D eigenvalue weighted by Crippen LogP contribution is -2.30. The molecular weight excluding hydrogens is 244 g/mol. The van der Waals surface area contributed by atoms with Crippen molar-refractivity contribution in [3.63, 3.8) is 0 Å². The smallest absolute Gasteiger partial charge is 0.240 e. The molecule has 6 nitrogen and oxygen atoms in total. The van der Waals surface area contributed by atoms with E-state index in [1.54, 1.807) is 11.7 Å². The average molecular weight is 262 g/mol. The van der Waals surface area contributed by atoms with Crippen LogP contribution < -0.4 is 11.1 Å². The molecule has 0 unspecified atom stereocenters. The summed E-state index contributed by atoms with van der Waals surface area (Å²) < 4.78 is 6.61. The standard InChI is InChI=1S/C13H18N4O2/c1-9-4-3-5-10-12(9)17(13(14)16-10)8-11(18)15-6-7-19-2/h3-5H,6-8H2,1-2H3,(H2,14,16)(H,15,18). The number of nitrogens with two attached hydrogens (primary N) is 1.